The first-order valence-corrected chi connectivity index (χ1v) is 6.78. The molecule has 1 aromatic carbocycles. The minimum atomic E-state index is 0.613. The lowest BCUT2D eigenvalue weighted by Gasteiger charge is -2.09. The van der Waals surface area contributed by atoms with Crippen molar-refractivity contribution in [1.29, 1.82) is 0 Å². The number of benzene rings is 1. The van der Waals surface area contributed by atoms with Crippen LogP contribution in [0.3, 0.4) is 0 Å². The maximum absolute atomic E-state index is 5.95. The summed E-state index contributed by atoms with van der Waals surface area (Å²) in [6, 6.07) is 6.26. The Hall–Kier alpha value is -0.490. The van der Waals surface area contributed by atoms with E-state index < -0.39 is 0 Å². The fourth-order valence-electron chi connectivity index (χ4n) is 1.28. The monoisotopic (exact) mass is 242 g/mol. The lowest BCUT2D eigenvalue weighted by atomic mass is 9.97. The van der Waals surface area contributed by atoms with E-state index in [0.29, 0.717) is 5.92 Å². The molecule has 0 heterocycles. The van der Waals surface area contributed by atoms with E-state index in [1.165, 1.54) is 17.5 Å². The van der Waals surface area contributed by atoms with Gasteiger partial charge < -0.3 is 0 Å². The molecule has 16 heavy (non-hydrogen) atoms. The van der Waals surface area contributed by atoms with Crippen LogP contribution in [-0.4, -0.2) is 0 Å². The van der Waals surface area contributed by atoms with E-state index in [2.05, 4.69) is 32.9 Å². The fraction of sp³-hybridized carbons (Fsp3) is 0.600. The normalized spacial score (nSPS) is 10.5. The summed E-state index contributed by atoms with van der Waals surface area (Å²) in [6.45, 7) is 14.5. The molecule has 0 aromatic heterocycles. The fourth-order valence-corrected chi connectivity index (χ4v) is 1.58. The van der Waals surface area contributed by atoms with E-state index in [0.717, 1.165) is 5.02 Å². The molecule has 1 atom stereocenters. The first kappa shape index (κ1) is 17.9. The summed E-state index contributed by atoms with van der Waals surface area (Å²) in [5.74, 6) is 0.613. The first-order chi connectivity index (χ1) is 7.63. The first-order valence-electron chi connectivity index (χ1n) is 6.40. The molecule has 0 saturated heterocycles. The van der Waals surface area contributed by atoms with Crippen LogP contribution in [0.1, 0.15) is 65.0 Å². The Balaban J connectivity index is 0. The van der Waals surface area contributed by atoms with Crippen LogP contribution >= 0.6 is 11.6 Å². The molecule has 1 heteroatoms. The Morgan fingerprint density at radius 1 is 1.06 bits per heavy atom. The summed E-state index contributed by atoms with van der Waals surface area (Å²) in [4.78, 5) is 0. The van der Waals surface area contributed by atoms with Gasteiger partial charge in [0.05, 0.1) is 0 Å². The van der Waals surface area contributed by atoms with E-state index in [4.69, 9.17) is 11.6 Å². The van der Waals surface area contributed by atoms with Crippen molar-refractivity contribution in [3.05, 3.63) is 34.3 Å². The minimum Gasteiger partial charge on any atom is -0.0843 e. The summed E-state index contributed by atoms with van der Waals surface area (Å²) in [6.07, 6.45) is 1.17. The minimum absolute atomic E-state index is 0.613. The van der Waals surface area contributed by atoms with Crippen molar-refractivity contribution in [1.82, 2.24) is 0 Å². The third-order valence-corrected chi connectivity index (χ3v) is 2.46. The summed E-state index contributed by atoms with van der Waals surface area (Å²) in [5.41, 5.74) is 2.60. The zero-order valence-corrected chi connectivity index (χ0v) is 12.7. The van der Waals surface area contributed by atoms with Crippen molar-refractivity contribution < 1.29 is 0 Å². The summed E-state index contributed by atoms with van der Waals surface area (Å²) in [5, 5.41) is 0.852. The third-order valence-electron chi connectivity index (χ3n) is 2.25. The molecule has 0 N–H and O–H groups in total. The molecule has 0 nitrogen and oxygen atoms in total. The zero-order chi connectivity index (χ0) is 13.1. The second kappa shape index (κ2) is 11.0. The molecule has 0 spiro atoms. The van der Waals surface area contributed by atoms with Gasteiger partial charge in [0.2, 0.25) is 0 Å². The summed E-state index contributed by atoms with van der Waals surface area (Å²) >= 11 is 5.95. The van der Waals surface area contributed by atoms with E-state index in [9.17, 15) is 0 Å². The van der Waals surface area contributed by atoms with Gasteiger partial charge in [-0.3, -0.25) is 0 Å². The van der Waals surface area contributed by atoms with Crippen LogP contribution in [-0.2, 0) is 0 Å². The quantitative estimate of drug-likeness (QED) is 0.578. The average molecular weight is 243 g/mol. The van der Waals surface area contributed by atoms with Gasteiger partial charge in [0.1, 0.15) is 0 Å². The molecule has 0 fully saturated rings. The van der Waals surface area contributed by atoms with Gasteiger partial charge in [-0.1, -0.05) is 59.2 Å². The van der Waals surface area contributed by atoms with Crippen molar-refractivity contribution in [2.75, 3.05) is 0 Å². The molecule has 0 aliphatic carbocycles. The van der Waals surface area contributed by atoms with Crippen molar-refractivity contribution in [2.24, 2.45) is 0 Å². The topological polar surface area (TPSA) is 0 Å². The van der Waals surface area contributed by atoms with Crippen LogP contribution in [0.4, 0.5) is 0 Å². The maximum Gasteiger partial charge on any atom is 0.0411 e. The molecule has 1 rings (SSSR count). The second-order valence-electron chi connectivity index (χ2n) is 3.37. The molecule has 0 radical (unpaired) electrons. The van der Waals surface area contributed by atoms with Crippen molar-refractivity contribution in [2.45, 2.75) is 60.8 Å². The molecule has 1 aromatic rings. The Bertz CT molecular complexity index is 246. The third kappa shape index (κ3) is 6.90. The lowest BCUT2D eigenvalue weighted by Crippen LogP contribution is -1.91. The van der Waals surface area contributed by atoms with Crippen LogP contribution in [0.25, 0.3) is 0 Å². The van der Waals surface area contributed by atoms with Crippen molar-refractivity contribution in [3.8, 4) is 0 Å². The summed E-state index contributed by atoms with van der Waals surface area (Å²) < 4.78 is 0. The van der Waals surface area contributed by atoms with Crippen LogP contribution in [0.5, 0.6) is 0 Å². The van der Waals surface area contributed by atoms with Gasteiger partial charge in [-0.2, -0.15) is 0 Å². The number of rotatable bonds is 2. The Kier molecular flexibility index (Phi) is 12.3. The van der Waals surface area contributed by atoms with Gasteiger partial charge in [-0.25, -0.2) is 0 Å². The number of halogens is 1. The highest BCUT2D eigenvalue weighted by Crippen LogP contribution is 2.23. The summed E-state index contributed by atoms with van der Waals surface area (Å²) in [7, 11) is 0. The molecular weight excluding hydrogens is 216 g/mol. The zero-order valence-electron chi connectivity index (χ0n) is 11.9. The van der Waals surface area contributed by atoms with Gasteiger partial charge in [0.25, 0.3) is 0 Å². The molecule has 0 saturated carbocycles. The highest BCUT2D eigenvalue weighted by molar-refractivity contribution is 6.30. The van der Waals surface area contributed by atoms with E-state index >= 15 is 0 Å². The largest absolute Gasteiger partial charge is 0.0843 e. The van der Waals surface area contributed by atoms with Gasteiger partial charge >= 0.3 is 0 Å². The van der Waals surface area contributed by atoms with Crippen molar-refractivity contribution >= 4 is 11.6 Å². The average Bonchev–Trinajstić information content (AvgIpc) is 2.32. The molecule has 0 aliphatic heterocycles. The number of hydrogen-bond acceptors (Lipinski definition) is 0. The second-order valence-corrected chi connectivity index (χ2v) is 3.81. The predicted molar refractivity (Wildman–Crippen MR) is 77.6 cm³/mol. The lowest BCUT2D eigenvalue weighted by molar-refractivity contribution is 0.733. The Morgan fingerprint density at radius 3 is 1.94 bits per heavy atom. The van der Waals surface area contributed by atoms with Crippen LogP contribution < -0.4 is 0 Å². The van der Waals surface area contributed by atoms with Gasteiger partial charge in [0.15, 0.2) is 0 Å². The highest BCUT2D eigenvalue weighted by atomic mass is 35.5. The van der Waals surface area contributed by atoms with Crippen LogP contribution in [0.2, 0.25) is 5.02 Å². The molecule has 94 valence electrons. The van der Waals surface area contributed by atoms with E-state index in [1.807, 2.05) is 33.8 Å². The van der Waals surface area contributed by atoms with E-state index in [1.54, 1.807) is 0 Å². The van der Waals surface area contributed by atoms with E-state index in [-0.39, 0.29) is 0 Å². The molecule has 0 aliphatic rings. The number of aryl methyl sites for hydroxylation is 1. The predicted octanol–water partition coefficient (Wildman–Crippen LogP) is 6.21. The van der Waals surface area contributed by atoms with Gasteiger partial charge in [-0.15, -0.1) is 0 Å². The molecule has 0 bridgehead atoms. The smallest absolute Gasteiger partial charge is 0.0411 e. The Labute approximate surface area is 107 Å². The van der Waals surface area contributed by atoms with Crippen LogP contribution in [0.15, 0.2) is 18.2 Å². The maximum atomic E-state index is 5.95. The standard InChI is InChI=1S/C11H15Cl.2C2H6/c1-4-9(3)10-5-8(2)6-11(12)7-10;2*1-2/h5-7,9H,4H2,1-3H3;2*1-2H3. The highest BCUT2D eigenvalue weighted by Gasteiger charge is 2.03. The Morgan fingerprint density at radius 2 is 1.56 bits per heavy atom. The van der Waals surface area contributed by atoms with Gasteiger partial charge in [-0.05, 0) is 42.5 Å². The number of hydrogen-bond donors (Lipinski definition) is 0. The van der Waals surface area contributed by atoms with Crippen molar-refractivity contribution in [3.63, 3.8) is 0 Å². The van der Waals surface area contributed by atoms with Gasteiger partial charge in [0, 0.05) is 5.02 Å². The molecule has 1 unspecified atom stereocenters. The molecule has 0 amide bonds. The molecular formula is C15H27Cl. The SMILES string of the molecule is CC.CC.CCC(C)c1cc(C)cc(Cl)c1. The van der Waals surface area contributed by atoms with Crippen LogP contribution in [0, 0.1) is 6.92 Å².